The Morgan fingerprint density at radius 2 is 1.85 bits per heavy atom. The molecule has 0 amide bonds. The lowest BCUT2D eigenvalue weighted by atomic mass is 10.0. The van der Waals surface area contributed by atoms with Gasteiger partial charge in [0.25, 0.3) is 0 Å². The van der Waals surface area contributed by atoms with E-state index < -0.39 is 0 Å². The van der Waals surface area contributed by atoms with Crippen molar-refractivity contribution in [2.24, 2.45) is 0 Å². The zero-order chi connectivity index (χ0) is 18.8. The standard InChI is InChI=1S/C21H18BrN3OS/c1-3-26-17-7-5-4-6-16(17)25-20-19-18(14-8-10-15(22)11-9-14)13(2)27-21(19)24-12-23-20/h4-12H,3H2,1-2H3,(H,23,24,25). The third-order valence-electron chi connectivity index (χ3n) is 4.24. The summed E-state index contributed by atoms with van der Waals surface area (Å²) in [7, 11) is 0. The first-order valence-electron chi connectivity index (χ1n) is 8.66. The highest BCUT2D eigenvalue weighted by molar-refractivity contribution is 9.10. The maximum Gasteiger partial charge on any atom is 0.143 e. The van der Waals surface area contributed by atoms with Gasteiger partial charge in [0.15, 0.2) is 0 Å². The minimum atomic E-state index is 0.611. The summed E-state index contributed by atoms with van der Waals surface area (Å²) in [4.78, 5) is 11.2. The van der Waals surface area contributed by atoms with E-state index in [1.165, 1.54) is 10.4 Å². The van der Waals surface area contributed by atoms with Crippen molar-refractivity contribution < 1.29 is 4.74 Å². The summed E-state index contributed by atoms with van der Waals surface area (Å²) in [5.41, 5.74) is 3.21. The number of rotatable bonds is 5. The Morgan fingerprint density at radius 3 is 2.63 bits per heavy atom. The highest BCUT2D eigenvalue weighted by Crippen LogP contribution is 2.41. The van der Waals surface area contributed by atoms with Crippen LogP contribution in [0.3, 0.4) is 0 Å². The summed E-state index contributed by atoms with van der Waals surface area (Å²) in [6, 6.07) is 16.2. The van der Waals surface area contributed by atoms with Gasteiger partial charge in [-0.1, -0.05) is 40.2 Å². The van der Waals surface area contributed by atoms with Gasteiger partial charge in [0.2, 0.25) is 0 Å². The molecule has 2 aromatic heterocycles. The number of nitrogens with zero attached hydrogens (tertiary/aromatic N) is 2. The number of halogens is 1. The molecule has 0 aliphatic carbocycles. The van der Waals surface area contributed by atoms with E-state index in [9.17, 15) is 0 Å². The second-order valence-electron chi connectivity index (χ2n) is 6.00. The van der Waals surface area contributed by atoms with Crippen molar-refractivity contribution >= 4 is 49.0 Å². The van der Waals surface area contributed by atoms with Gasteiger partial charge in [0, 0.05) is 14.9 Å². The molecule has 6 heteroatoms. The normalized spacial score (nSPS) is 10.9. The molecule has 4 nitrogen and oxygen atoms in total. The molecule has 27 heavy (non-hydrogen) atoms. The molecular weight excluding hydrogens is 422 g/mol. The third kappa shape index (κ3) is 3.55. The first-order chi connectivity index (χ1) is 13.2. The highest BCUT2D eigenvalue weighted by atomic mass is 79.9. The Kier molecular flexibility index (Phi) is 5.09. The van der Waals surface area contributed by atoms with Crippen molar-refractivity contribution in [3.63, 3.8) is 0 Å². The van der Waals surface area contributed by atoms with Crippen LogP contribution in [0.4, 0.5) is 11.5 Å². The molecule has 0 atom stereocenters. The average Bonchev–Trinajstić information content (AvgIpc) is 3.01. The van der Waals surface area contributed by atoms with Crippen LogP contribution in [-0.2, 0) is 0 Å². The molecule has 0 radical (unpaired) electrons. The second kappa shape index (κ2) is 7.66. The molecule has 2 heterocycles. The Morgan fingerprint density at radius 1 is 1.07 bits per heavy atom. The third-order valence-corrected chi connectivity index (χ3v) is 5.78. The number of thiophene rings is 1. The minimum Gasteiger partial charge on any atom is -0.492 e. The maximum atomic E-state index is 5.75. The molecule has 0 spiro atoms. The average molecular weight is 440 g/mol. The van der Waals surface area contributed by atoms with Crippen LogP contribution in [0.1, 0.15) is 11.8 Å². The molecule has 4 aromatic rings. The SMILES string of the molecule is CCOc1ccccc1Nc1ncnc2sc(C)c(-c3ccc(Br)cc3)c12. The number of hydrogen-bond acceptors (Lipinski definition) is 5. The fraction of sp³-hybridized carbons (Fsp3) is 0.143. The smallest absolute Gasteiger partial charge is 0.143 e. The number of aromatic nitrogens is 2. The van der Waals surface area contributed by atoms with E-state index in [2.05, 4.69) is 62.4 Å². The first-order valence-corrected chi connectivity index (χ1v) is 10.3. The Bertz CT molecular complexity index is 1090. The van der Waals surface area contributed by atoms with Gasteiger partial charge in [-0.05, 0) is 43.7 Å². The monoisotopic (exact) mass is 439 g/mol. The van der Waals surface area contributed by atoms with Crippen LogP contribution in [0.2, 0.25) is 0 Å². The van der Waals surface area contributed by atoms with Gasteiger partial charge in [0.1, 0.15) is 22.7 Å². The van der Waals surface area contributed by atoms with Gasteiger partial charge in [-0.3, -0.25) is 0 Å². The van der Waals surface area contributed by atoms with E-state index in [-0.39, 0.29) is 0 Å². The zero-order valence-electron chi connectivity index (χ0n) is 15.0. The van der Waals surface area contributed by atoms with Crippen molar-refractivity contribution in [1.82, 2.24) is 9.97 Å². The molecule has 0 unspecified atom stereocenters. The Hall–Kier alpha value is -2.44. The second-order valence-corrected chi connectivity index (χ2v) is 8.12. The molecule has 0 aliphatic rings. The van der Waals surface area contributed by atoms with Gasteiger partial charge in [-0.25, -0.2) is 9.97 Å². The summed E-state index contributed by atoms with van der Waals surface area (Å²) in [5.74, 6) is 1.60. The molecule has 0 saturated heterocycles. The van der Waals surface area contributed by atoms with E-state index in [1.807, 2.05) is 31.2 Å². The predicted octanol–water partition coefficient (Wildman–Crippen LogP) is 6.57. The molecule has 0 aliphatic heterocycles. The van der Waals surface area contributed by atoms with E-state index >= 15 is 0 Å². The summed E-state index contributed by atoms with van der Waals surface area (Å²) in [5, 5.41) is 4.49. The lowest BCUT2D eigenvalue weighted by molar-refractivity contribution is 0.342. The Balaban J connectivity index is 1.86. The number of ether oxygens (including phenoxy) is 1. The fourth-order valence-corrected chi connectivity index (χ4v) is 4.36. The molecule has 2 aromatic carbocycles. The van der Waals surface area contributed by atoms with Crippen molar-refractivity contribution in [3.8, 4) is 16.9 Å². The first kappa shape index (κ1) is 17.9. The Labute approximate surface area is 170 Å². The lowest BCUT2D eigenvalue weighted by Crippen LogP contribution is -2.00. The van der Waals surface area contributed by atoms with Crippen LogP contribution >= 0.6 is 27.3 Å². The van der Waals surface area contributed by atoms with Gasteiger partial charge in [-0.2, -0.15) is 0 Å². The van der Waals surface area contributed by atoms with Crippen LogP contribution in [0, 0.1) is 6.92 Å². The van der Waals surface area contributed by atoms with Gasteiger partial charge in [0.05, 0.1) is 17.7 Å². The molecule has 0 saturated carbocycles. The summed E-state index contributed by atoms with van der Waals surface area (Å²) in [6.07, 6.45) is 1.61. The molecule has 136 valence electrons. The number of benzene rings is 2. The van der Waals surface area contributed by atoms with Gasteiger partial charge in [-0.15, -0.1) is 11.3 Å². The minimum absolute atomic E-state index is 0.611. The summed E-state index contributed by atoms with van der Waals surface area (Å²) >= 11 is 5.19. The number of anilines is 2. The van der Waals surface area contributed by atoms with Crippen molar-refractivity contribution in [3.05, 3.63) is 64.2 Å². The maximum absolute atomic E-state index is 5.75. The van der Waals surface area contributed by atoms with Crippen LogP contribution < -0.4 is 10.1 Å². The van der Waals surface area contributed by atoms with Gasteiger partial charge < -0.3 is 10.1 Å². The lowest BCUT2D eigenvalue weighted by Gasteiger charge is -2.13. The van der Waals surface area contributed by atoms with E-state index in [0.29, 0.717) is 6.61 Å². The van der Waals surface area contributed by atoms with Crippen LogP contribution in [0.25, 0.3) is 21.3 Å². The van der Waals surface area contributed by atoms with E-state index in [4.69, 9.17) is 4.74 Å². The zero-order valence-corrected chi connectivity index (χ0v) is 17.4. The molecule has 4 rings (SSSR count). The predicted molar refractivity (Wildman–Crippen MR) is 116 cm³/mol. The van der Waals surface area contributed by atoms with Crippen LogP contribution in [-0.4, -0.2) is 16.6 Å². The summed E-state index contributed by atoms with van der Waals surface area (Å²) in [6.45, 7) is 4.72. The summed E-state index contributed by atoms with van der Waals surface area (Å²) < 4.78 is 6.80. The fourth-order valence-electron chi connectivity index (χ4n) is 3.08. The molecule has 1 N–H and O–H groups in total. The topological polar surface area (TPSA) is 47.0 Å². The number of aryl methyl sites for hydroxylation is 1. The van der Waals surface area contributed by atoms with Crippen LogP contribution in [0.15, 0.2) is 59.3 Å². The largest absolute Gasteiger partial charge is 0.492 e. The van der Waals surface area contributed by atoms with Crippen molar-refractivity contribution in [2.45, 2.75) is 13.8 Å². The van der Waals surface area contributed by atoms with Crippen molar-refractivity contribution in [2.75, 3.05) is 11.9 Å². The van der Waals surface area contributed by atoms with E-state index in [1.54, 1.807) is 17.7 Å². The highest BCUT2D eigenvalue weighted by Gasteiger charge is 2.17. The van der Waals surface area contributed by atoms with E-state index in [0.717, 1.165) is 37.5 Å². The number of fused-ring (bicyclic) bond motifs is 1. The van der Waals surface area contributed by atoms with Gasteiger partial charge >= 0.3 is 0 Å². The molecular formula is C21H18BrN3OS. The quantitative estimate of drug-likeness (QED) is 0.381. The number of para-hydroxylation sites is 2. The number of nitrogens with one attached hydrogen (secondary N) is 1. The van der Waals surface area contributed by atoms with Crippen molar-refractivity contribution in [1.29, 1.82) is 0 Å². The molecule has 0 bridgehead atoms. The molecule has 0 fully saturated rings. The number of hydrogen-bond donors (Lipinski definition) is 1. The van der Waals surface area contributed by atoms with Crippen LogP contribution in [0.5, 0.6) is 5.75 Å².